The van der Waals surface area contributed by atoms with Crippen LogP contribution in [0, 0.1) is 5.82 Å². The predicted octanol–water partition coefficient (Wildman–Crippen LogP) is 2.70. The molecule has 4 rings (SSSR count). The molecule has 0 amide bonds. The number of aliphatic imine (C=N–C) groups is 1. The van der Waals surface area contributed by atoms with Gasteiger partial charge in [-0.2, -0.15) is 0 Å². The minimum Gasteiger partial charge on any atom is -0.439 e. The van der Waals surface area contributed by atoms with E-state index in [1.807, 2.05) is 12.1 Å². The summed E-state index contributed by atoms with van der Waals surface area (Å²) in [6.07, 6.45) is 5.26. The molecular weight excluding hydrogens is 397 g/mol. The molecule has 31 heavy (non-hydrogen) atoms. The van der Waals surface area contributed by atoms with Crippen LogP contribution in [0.4, 0.5) is 10.3 Å². The van der Waals surface area contributed by atoms with E-state index in [2.05, 4.69) is 35.1 Å². The molecule has 0 unspecified atom stereocenters. The zero-order chi connectivity index (χ0) is 21.5. The van der Waals surface area contributed by atoms with Crippen molar-refractivity contribution >= 4 is 11.9 Å². The number of rotatable bonds is 5. The Hall–Kier alpha value is -3.75. The van der Waals surface area contributed by atoms with Gasteiger partial charge >= 0.3 is 0 Å². The topological polar surface area (TPSA) is 78.8 Å². The Bertz CT molecular complexity index is 1010. The molecule has 1 aliphatic rings. The number of anilines is 1. The maximum atomic E-state index is 13.3. The highest BCUT2D eigenvalue weighted by Crippen LogP contribution is 2.20. The van der Waals surface area contributed by atoms with E-state index in [0.717, 1.165) is 43.7 Å². The van der Waals surface area contributed by atoms with E-state index < -0.39 is 0 Å². The Kier molecular flexibility index (Phi) is 6.51. The molecule has 2 aromatic heterocycles. The summed E-state index contributed by atoms with van der Waals surface area (Å²) in [6, 6.07) is 11.5. The number of nitrogens with one attached hydrogen (secondary N) is 1. The fourth-order valence-corrected chi connectivity index (χ4v) is 3.31. The van der Waals surface area contributed by atoms with Crippen LogP contribution in [-0.2, 0) is 6.54 Å². The van der Waals surface area contributed by atoms with E-state index in [-0.39, 0.29) is 5.82 Å². The lowest BCUT2D eigenvalue weighted by Crippen LogP contribution is -2.52. The summed E-state index contributed by atoms with van der Waals surface area (Å²) in [7, 11) is 1.78. The maximum Gasteiger partial charge on any atom is 0.225 e. The number of halogens is 1. The van der Waals surface area contributed by atoms with Gasteiger partial charge in [0.15, 0.2) is 5.96 Å². The highest BCUT2D eigenvalue weighted by molar-refractivity contribution is 5.80. The van der Waals surface area contributed by atoms with E-state index in [1.165, 1.54) is 12.1 Å². The number of nitrogens with zero attached hydrogens (tertiary/aromatic N) is 6. The molecule has 1 N–H and O–H groups in total. The van der Waals surface area contributed by atoms with Crippen LogP contribution in [-0.4, -0.2) is 59.0 Å². The van der Waals surface area contributed by atoms with Crippen molar-refractivity contribution in [2.45, 2.75) is 6.54 Å². The molecule has 0 radical (unpaired) electrons. The van der Waals surface area contributed by atoms with Crippen LogP contribution < -0.4 is 15.0 Å². The molecular formula is C22H24FN7O. The Balaban J connectivity index is 1.28. The molecule has 1 saturated heterocycles. The molecule has 0 bridgehead atoms. The lowest BCUT2D eigenvalue weighted by atomic mass is 10.3. The van der Waals surface area contributed by atoms with Gasteiger partial charge < -0.3 is 19.9 Å². The third-order valence-corrected chi connectivity index (χ3v) is 4.89. The van der Waals surface area contributed by atoms with Crippen molar-refractivity contribution < 1.29 is 9.13 Å². The summed E-state index contributed by atoms with van der Waals surface area (Å²) < 4.78 is 18.9. The second kappa shape index (κ2) is 9.84. The zero-order valence-electron chi connectivity index (χ0n) is 17.3. The summed E-state index contributed by atoms with van der Waals surface area (Å²) in [4.78, 5) is 21.7. The number of hydrogen-bond donors (Lipinski definition) is 1. The van der Waals surface area contributed by atoms with Crippen molar-refractivity contribution in [2.75, 3.05) is 38.1 Å². The third-order valence-electron chi connectivity index (χ3n) is 4.89. The van der Waals surface area contributed by atoms with Crippen molar-refractivity contribution in [1.29, 1.82) is 0 Å². The number of piperazine rings is 1. The van der Waals surface area contributed by atoms with Gasteiger partial charge in [0.25, 0.3) is 0 Å². The van der Waals surface area contributed by atoms with E-state index in [4.69, 9.17) is 4.74 Å². The number of benzene rings is 1. The molecule has 0 aliphatic carbocycles. The minimum atomic E-state index is -0.346. The standard InChI is InChI=1S/C22H24FN7O/c1-24-21(29-10-12-30(13-11-29)22-25-8-3-9-26-22)28-16-17-6-7-20(27-15-17)31-19-5-2-4-18(23)14-19/h2-9,14-15H,10-13,16H2,1H3,(H,24,28). The average molecular weight is 421 g/mol. The molecule has 1 aliphatic heterocycles. The monoisotopic (exact) mass is 421 g/mol. The van der Waals surface area contributed by atoms with Crippen molar-refractivity contribution in [3.63, 3.8) is 0 Å². The molecule has 9 heteroatoms. The molecule has 3 aromatic rings. The summed E-state index contributed by atoms with van der Waals surface area (Å²) in [5, 5.41) is 3.38. The Labute approximate surface area is 180 Å². The molecule has 0 spiro atoms. The number of guanidine groups is 1. The Morgan fingerprint density at radius 3 is 2.55 bits per heavy atom. The smallest absolute Gasteiger partial charge is 0.225 e. The van der Waals surface area contributed by atoms with E-state index in [9.17, 15) is 4.39 Å². The van der Waals surface area contributed by atoms with Gasteiger partial charge in [0.05, 0.1) is 0 Å². The number of pyridine rings is 1. The first kappa shape index (κ1) is 20.5. The lowest BCUT2D eigenvalue weighted by molar-refractivity contribution is 0.370. The second-order valence-corrected chi connectivity index (χ2v) is 6.99. The molecule has 1 fully saturated rings. The molecule has 0 atom stereocenters. The Morgan fingerprint density at radius 2 is 1.87 bits per heavy atom. The SMILES string of the molecule is CN=C(NCc1ccc(Oc2cccc(F)c2)nc1)N1CCN(c2ncccn2)CC1. The highest BCUT2D eigenvalue weighted by atomic mass is 19.1. The van der Waals surface area contributed by atoms with Crippen LogP contribution in [0.3, 0.4) is 0 Å². The van der Waals surface area contributed by atoms with Gasteiger partial charge in [0.1, 0.15) is 11.6 Å². The van der Waals surface area contributed by atoms with E-state index in [1.54, 1.807) is 43.8 Å². The molecule has 3 heterocycles. The first-order chi connectivity index (χ1) is 15.2. The van der Waals surface area contributed by atoms with Crippen LogP contribution in [0.15, 0.2) is 66.0 Å². The summed E-state index contributed by atoms with van der Waals surface area (Å²) in [5.74, 6) is 2.09. The third kappa shape index (κ3) is 5.44. The van der Waals surface area contributed by atoms with Gasteiger partial charge in [-0.25, -0.2) is 19.3 Å². The number of hydrogen-bond acceptors (Lipinski definition) is 6. The fourth-order valence-electron chi connectivity index (χ4n) is 3.31. The van der Waals surface area contributed by atoms with E-state index >= 15 is 0 Å². The van der Waals surface area contributed by atoms with Crippen LogP contribution in [0.25, 0.3) is 0 Å². The zero-order valence-corrected chi connectivity index (χ0v) is 17.3. The van der Waals surface area contributed by atoms with Crippen LogP contribution in [0.2, 0.25) is 0 Å². The van der Waals surface area contributed by atoms with E-state index in [0.29, 0.717) is 18.2 Å². The molecule has 160 valence electrons. The van der Waals surface area contributed by atoms with Gasteiger partial charge in [0.2, 0.25) is 11.8 Å². The number of ether oxygens (including phenoxy) is 1. The van der Waals surface area contributed by atoms with Crippen LogP contribution in [0.5, 0.6) is 11.6 Å². The quantitative estimate of drug-likeness (QED) is 0.501. The second-order valence-electron chi connectivity index (χ2n) is 6.99. The van der Waals surface area contributed by atoms with Gasteiger partial charge in [-0.1, -0.05) is 12.1 Å². The summed E-state index contributed by atoms with van der Waals surface area (Å²) >= 11 is 0. The van der Waals surface area contributed by atoms with Crippen molar-refractivity contribution in [3.8, 4) is 11.6 Å². The highest BCUT2D eigenvalue weighted by Gasteiger charge is 2.21. The molecule has 8 nitrogen and oxygen atoms in total. The predicted molar refractivity (Wildman–Crippen MR) is 117 cm³/mol. The van der Waals surface area contributed by atoms with Crippen LogP contribution in [0.1, 0.15) is 5.56 Å². The first-order valence-corrected chi connectivity index (χ1v) is 10.1. The van der Waals surface area contributed by atoms with Crippen molar-refractivity contribution in [2.24, 2.45) is 4.99 Å². The summed E-state index contributed by atoms with van der Waals surface area (Å²) in [6.45, 7) is 3.91. The van der Waals surface area contributed by atoms with Crippen molar-refractivity contribution in [3.05, 3.63) is 72.4 Å². The Morgan fingerprint density at radius 1 is 1.06 bits per heavy atom. The minimum absolute atomic E-state index is 0.346. The fraction of sp³-hybridized carbons (Fsp3) is 0.273. The molecule has 0 saturated carbocycles. The average Bonchev–Trinajstić information content (AvgIpc) is 2.81. The van der Waals surface area contributed by atoms with Gasteiger partial charge in [0, 0.05) is 70.5 Å². The lowest BCUT2D eigenvalue weighted by Gasteiger charge is -2.36. The summed E-state index contributed by atoms with van der Waals surface area (Å²) in [5.41, 5.74) is 0.990. The van der Waals surface area contributed by atoms with Crippen LogP contribution >= 0.6 is 0 Å². The normalized spacial score (nSPS) is 14.5. The van der Waals surface area contributed by atoms with Gasteiger partial charge in [-0.3, -0.25) is 4.99 Å². The maximum absolute atomic E-state index is 13.3. The largest absolute Gasteiger partial charge is 0.439 e. The first-order valence-electron chi connectivity index (χ1n) is 10.1. The number of aromatic nitrogens is 3. The van der Waals surface area contributed by atoms with Crippen molar-refractivity contribution in [1.82, 2.24) is 25.2 Å². The molecule has 1 aromatic carbocycles. The van der Waals surface area contributed by atoms with Gasteiger partial charge in [-0.05, 0) is 23.8 Å². The van der Waals surface area contributed by atoms with Gasteiger partial charge in [-0.15, -0.1) is 0 Å².